The predicted molar refractivity (Wildman–Crippen MR) is 69.9 cm³/mol. The van der Waals surface area contributed by atoms with E-state index in [9.17, 15) is 0 Å². The molecule has 0 atom stereocenters. The number of hydrogen-bond donors (Lipinski definition) is 2. The molecule has 0 saturated carbocycles. The minimum absolute atomic E-state index is 0.921. The van der Waals surface area contributed by atoms with Crippen LogP contribution < -0.4 is 5.32 Å². The van der Waals surface area contributed by atoms with Gasteiger partial charge in [0.25, 0.3) is 0 Å². The number of aryl methyl sites for hydroxylation is 1. The van der Waals surface area contributed by atoms with E-state index in [1.807, 2.05) is 6.20 Å². The van der Waals surface area contributed by atoms with Crippen LogP contribution in [0.15, 0.2) is 6.20 Å². The molecular formula is C13H24N4. The number of aromatic nitrogens is 2. The second-order valence-corrected chi connectivity index (χ2v) is 5.23. The third-order valence-corrected chi connectivity index (χ3v) is 3.82. The van der Waals surface area contributed by atoms with Crippen molar-refractivity contribution in [2.24, 2.45) is 5.92 Å². The van der Waals surface area contributed by atoms with E-state index in [0.29, 0.717) is 0 Å². The second kappa shape index (κ2) is 6.17. The molecule has 2 N–H and O–H groups in total. The summed E-state index contributed by atoms with van der Waals surface area (Å²) in [7, 11) is 2.22. The van der Waals surface area contributed by atoms with Crippen molar-refractivity contribution in [3.05, 3.63) is 17.5 Å². The number of nitrogens with one attached hydrogen (secondary N) is 2. The van der Waals surface area contributed by atoms with E-state index in [1.165, 1.54) is 43.6 Å². The Morgan fingerprint density at radius 2 is 2.24 bits per heavy atom. The highest BCUT2D eigenvalue weighted by Gasteiger charge is 2.15. The summed E-state index contributed by atoms with van der Waals surface area (Å²) in [4.78, 5) is 2.43. The topological polar surface area (TPSA) is 44.0 Å². The van der Waals surface area contributed by atoms with Crippen LogP contribution in [0.2, 0.25) is 0 Å². The van der Waals surface area contributed by atoms with E-state index in [0.717, 1.165) is 19.0 Å². The first kappa shape index (κ1) is 12.6. The van der Waals surface area contributed by atoms with Gasteiger partial charge in [-0.2, -0.15) is 5.10 Å². The zero-order valence-electron chi connectivity index (χ0n) is 11.0. The third kappa shape index (κ3) is 3.82. The fraction of sp³-hybridized carbons (Fsp3) is 0.769. The number of rotatable bonds is 5. The summed E-state index contributed by atoms with van der Waals surface area (Å²) in [6.07, 6.45) is 5.95. The predicted octanol–water partition coefficient (Wildman–Crippen LogP) is 1.54. The van der Waals surface area contributed by atoms with Gasteiger partial charge in [-0.1, -0.05) is 0 Å². The minimum atomic E-state index is 0.921. The third-order valence-electron chi connectivity index (χ3n) is 3.82. The maximum absolute atomic E-state index is 4.03. The lowest BCUT2D eigenvalue weighted by Crippen LogP contribution is -2.31. The van der Waals surface area contributed by atoms with Gasteiger partial charge in [0.15, 0.2) is 0 Å². The molecule has 1 saturated heterocycles. The lowest BCUT2D eigenvalue weighted by Gasteiger charge is -2.28. The molecule has 2 rings (SSSR count). The van der Waals surface area contributed by atoms with Gasteiger partial charge in [0.1, 0.15) is 0 Å². The Balaban J connectivity index is 1.59. The first-order chi connectivity index (χ1) is 8.25. The van der Waals surface area contributed by atoms with Gasteiger partial charge in [-0.25, -0.2) is 0 Å². The van der Waals surface area contributed by atoms with Gasteiger partial charge < -0.3 is 10.2 Å². The Morgan fingerprint density at radius 3 is 2.88 bits per heavy atom. The van der Waals surface area contributed by atoms with Crippen molar-refractivity contribution in [1.82, 2.24) is 20.4 Å². The lowest BCUT2D eigenvalue weighted by molar-refractivity contribution is 0.211. The van der Waals surface area contributed by atoms with Gasteiger partial charge in [0.2, 0.25) is 0 Å². The number of piperidine rings is 1. The van der Waals surface area contributed by atoms with Crippen LogP contribution in [0.4, 0.5) is 0 Å². The van der Waals surface area contributed by atoms with E-state index in [-0.39, 0.29) is 0 Å². The van der Waals surface area contributed by atoms with Gasteiger partial charge >= 0.3 is 0 Å². The minimum Gasteiger partial charge on any atom is -0.313 e. The Labute approximate surface area is 104 Å². The smallest absolute Gasteiger partial charge is 0.0535 e. The molecule has 1 fully saturated rings. The van der Waals surface area contributed by atoms with Gasteiger partial charge in [-0.05, 0) is 58.8 Å². The normalized spacial score (nSPS) is 18.7. The van der Waals surface area contributed by atoms with Crippen molar-refractivity contribution in [1.29, 1.82) is 0 Å². The maximum Gasteiger partial charge on any atom is 0.0535 e. The molecule has 0 aromatic carbocycles. The molecule has 0 aliphatic carbocycles. The number of H-pyrrole nitrogens is 1. The van der Waals surface area contributed by atoms with Gasteiger partial charge in [0.05, 0.1) is 6.20 Å². The highest BCUT2D eigenvalue weighted by Crippen LogP contribution is 2.18. The van der Waals surface area contributed by atoms with Crippen molar-refractivity contribution < 1.29 is 0 Å². The summed E-state index contributed by atoms with van der Waals surface area (Å²) < 4.78 is 0. The molecule has 2 heterocycles. The second-order valence-electron chi connectivity index (χ2n) is 5.23. The zero-order chi connectivity index (χ0) is 12.1. The Bertz CT molecular complexity index is 326. The van der Waals surface area contributed by atoms with Crippen LogP contribution >= 0.6 is 0 Å². The van der Waals surface area contributed by atoms with Crippen LogP contribution in [0, 0.1) is 12.8 Å². The molecule has 4 nitrogen and oxygen atoms in total. The molecule has 0 bridgehead atoms. The summed E-state index contributed by atoms with van der Waals surface area (Å²) in [5.41, 5.74) is 2.46. The first-order valence-electron chi connectivity index (χ1n) is 6.64. The van der Waals surface area contributed by atoms with Crippen LogP contribution in [-0.4, -0.2) is 41.8 Å². The molecule has 0 radical (unpaired) electrons. The van der Waals surface area contributed by atoms with Crippen molar-refractivity contribution >= 4 is 0 Å². The summed E-state index contributed by atoms with van der Waals surface area (Å²) in [6.45, 7) is 6.67. The van der Waals surface area contributed by atoms with Crippen LogP contribution in [0.5, 0.6) is 0 Å². The van der Waals surface area contributed by atoms with Crippen molar-refractivity contribution in [2.75, 3.05) is 26.7 Å². The van der Waals surface area contributed by atoms with E-state index in [4.69, 9.17) is 0 Å². The Hall–Kier alpha value is -0.870. The van der Waals surface area contributed by atoms with E-state index in [2.05, 4.69) is 34.4 Å². The number of hydrogen-bond acceptors (Lipinski definition) is 3. The molecule has 4 heteroatoms. The zero-order valence-corrected chi connectivity index (χ0v) is 11.0. The largest absolute Gasteiger partial charge is 0.313 e. The SMILES string of the molecule is Cc1[nH]ncc1CNCCC1CCN(C)CC1. The number of likely N-dealkylation sites (tertiary alicyclic amines) is 1. The lowest BCUT2D eigenvalue weighted by atomic mass is 9.94. The molecule has 0 unspecified atom stereocenters. The average Bonchev–Trinajstić information content (AvgIpc) is 2.73. The maximum atomic E-state index is 4.03. The fourth-order valence-corrected chi connectivity index (χ4v) is 2.43. The van der Waals surface area contributed by atoms with E-state index in [1.54, 1.807) is 0 Å². The highest BCUT2D eigenvalue weighted by atomic mass is 15.1. The van der Waals surface area contributed by atoms with Gasteiger partial charge in [0, 0.05) is 17.8 Å². The monoisotopic (exact) mass is 236 g/mol. The molecule has 0 spiro atoms. The molecule has 0 amide bonds. The molecule has 96 valence electrons. The molecule has 1 aliphatic rings. The standard InChI is InChI=1S/C13H24N4/c1-11-13(10-15-16-11)9-14-6-3-12-4-7-17(2)8-5-12/h10,12,14H,3-9H2,1-2H3,(H,15,16). The van der Waals surface area contributed by atoms with E-state index < -0.39 is 0 Å². The molecule has 17 heavy (non-hydrogen) atoms. The van der Waals surface area contributed by atoms with Gasteiger partial charge in [-0.3, -0.25) is 5.10 Å². The van der Waals surface area contributed by atoms with Crippen LogP contribution in [0.25, 0.3) is 0 Å². The van der Waals surface area contributed by atoms with Crippen LogP contribution in [-0.2, 0) is 6.54 Å². The summed E-state index contributed by atoms with van der Waals surface area (Å²) in [6, 6.07) is 0. The van der Waals surface area contributed by atoms with E-state index >= 15 is 0 Å². The van der Waals surface area contributed by atoms with Crippen molar-refractivity contribution in [2.45, 2.75) is 32.7 Å². The molecule has 1 aromatic heterocycles. The molecule has 1 aromatic rings. The number of nitrogens with zero attached hydrogens (tertiary/aromatic N) is 2. The van der Waals surface area contributed by atoms with Crippen molar-refractivity contribution in [3.63, 3.8) is 0 Å². The van der Waals surface area contributed by atoms with Crippen LogP contribution in [0.3, 0.4) is 0 Å². The quantitative estimate of drug-likeness (QED) is 0.762. The van der Waals surface area contributed by atoms with Crippen LogP contribution in [0.1, 0.15) is 30.5 Å². The summed E-state index contributed by atoms with van der Waals surface area (Å²) in [5.74, 6) is 0.921. The van der Waals surface area contributed by atoms with Gasteiger partial charge in [-0.15, -0.1) is 0 Å². The molecule has 1 aliphatic heterocycles. The Morgan fingerprint density at radius 1 is 1.47 bits per heavy atom. The molecular weight excluding hydrogens is 212 g/mol. The first-order valence-corrected chi connectivity index (χ1v) is 6.64. The average molecular weight is 236 g/mol. The summed E-state index contributed by atoms with van der Waals surface area (Å²) in [5, 5.41) is 10.5. The Kier molecular flexibility index (Phi) is 4.57. The number of aromatic amines is 1. The summed E-state index contributed by atoms with van der Waals surface area (Å²) >= 11 is 0. The fourth-order valence-electron chi connectivity index (χ4n) is 2.43. The van der Waals surface area contributed by atoms with Crippen molar-refractivity contribution in [3.8, 4) is 0 Å². The highest BCUT2D eigenvalue weighted by molar-refractivity contribution is 5.13.